The summed E-state index contributed by atoms with van der Waals surface area (Å²) in [5.41, 5.74) is 3.61. The van der Waals surface area contributed by atoms with Crippen LogP contribution in [0, 0.1) is 0 Å². The van der Waals surface area contributed by atoms with Crippen LogP contribution < -0.4 is 9.84 Å². The quantitative estimate of drug-likeness (QED) is 0.174. The molecule has 50 heavy (non-hydrogen) atoms. The zero-order chi connectivity index (χ0) is 36.7. The van der Waals surface area contributed by atoms with Gasteiger partial charge >= 0.3 is 0 Å². The monoisotopic (exact) mass is 746 g/mol. The molecule has 1 atom stereocenters. The molecule has 4 aromatic carbocycles. The van der Waals surface area contributed by atoms with Crippen LogP contribution in [0.15, 0.2) is 87.7 Å². The van der Waals surface area contributed by atoms with Crippen molar-refractivity contribution >= 4 is 46.2 Å². The van der Waals surface area contributed by atoms with Crippen molar-refractivity contribution in [3.8, 4) is 23.0 Å². The molecule has 2 heterocycles. The normalized spacial score (nSPS) is 16.6. The number of benzene rings is 4. The molecule has 0 aliphatic carbocycles. The average molecular weight is 747 g/mol. The Bertz CT molecular complexity index is 1990. The van der Waals surface area contributed by atoms with E-state index in [1.54, 1.807) is 0 Å². The predicted molar refractivity (Wildman–Crippen MR) is 210 cm³/mol. The first-order valence-electron chi connectivity index (χ1n) is 17.2. The second-order valence-electron chi connectivity index (χ2n) is 17.5. The minimum atomic E-state index is -0.555. The molecule has 2 aliphatic rings. The van der Waals surface area contributed by atoms with Crippen molar-refractivity contribution in [3.05, 3.63) is 70.8 Å². The van der Waals surface area contributed by atoms with Gasteiger partial charge in [0.15, 0.2) is 16.4 Å². The van der Waals surface area contributed by atoms with Gasteiger partial charge in [0.1, 0.15) is 18.1 Å². The average Bonchev–Trinajstić information content (AvgIpc) is 2.99. The van der Waals surface area contributed by atoms with E-state index in [1.807, 2.05) is 24.3 Å². The maximum Gasteiger partial charge on any atom is 0.204 e. The SMILES string of the molecule is CC(C)(C)c1cc2c(O)c(c1)Sc1cc(C(C)(C)C)cc(c1O)Sc1cc(C(C)(C)C)cc3c1OCC[S+]3c1cc(C(C)(C)C)cc(c1[O-])S2. The molecule has 6 rings (SSSR count). The third kappa shape index (κ3) is 7.24. The maximum atomic E-state index is 14.7. The van der Waals surface area contributed by atoms with Crippen molar-refractivity contribution in [3.63, 3.8) is 0 Å². The largest absolute Gasteiger partial charge is 0.868 e. The third-order valence-electron chi connectivity index (χ3n) is 9.31. The second kappa shape index (κ2) is 12.9. The molecule has 4 aromatic rings. The number of ether oxygens (including phenoxy) is 1. The van der Waals surface area contributed by atoms with Crippen LogP contribution in [-0.2, 0) is 32.6 Å². The van der Waals surface area contributed by atoms with Crippen molar-refractivity contribution in [2.75, 3.05) is 12.4 Å². The Balaban J connectivity index is 1.74. The number of rotatable bonds is 0. The highest BCUT2D eigenvalue weighted by Crippen LogP contribution is 2.55. The molecular weight excluding hydrogens is 697 g/mol. The molecular formula is C42H50O4S4. The number of hydrogen-bond acceptors (Lipinski definition) is 7. The van der Waals surface area contributed by atoms with Gasteiger partial charge in [0, 0.05) is 11.0 Å². The molecule has 0 amide bonds. The number of phenolic OH excluding ortho intramolecular Hbond substituents is 2. The summed E-state index contributed by atoms with van der Waals surface area (Å²) in [6.07, 6.45) is 0. The summed E-state index contributed by atoms with van der Waals surface area (Å²) in [6, 6.07) is 16.8. The standard InChI is InChI=1S/C42H50O4S4/c1-39(2,3)23-15-27-35(43)29(17-23)48-31-19-25(41(7,8)9)21-33(37(31)45)50-14-13-46-38-32(20-26(22-34(38)50)42(10,11)12)49-30-18-24(40(4,5)6)16-28(47-27)36(30)44/h15-22H,13-14H2,1-12H3,(H2-,43,44,45). The van der Waals surface area contributed by atoms with Gasteiger partial charge in [-0.15, -0.1) is 0 Å². The van der Waals surface area contributed by atoms with E-state index < -0.39 is 10.9 Å². The number of fused-ring (bicyclic) bond motifs is 7. The molecule has 0 aromatic heterocycles. The van der Waals surface area contributed by atoms with Crippen molar-refractivity contribution < 1.29 is 20.1 Å². The lowest BCUT2D eigenvalue weighted by Crippen LogP contribution is -2.25. The van der Waals surface area contributed by atoms with Crippen LogP contribution in [-0.4, -0.2) is 22.6 Å². The van der Waals surface area contributed by atoms with Crippen molar-refractivity contribution in [2.45, 2.75) is 144 Å². The first kappa shape index (κ1) is 37.2. The van der Waals surface area contributed by atoms with E-state index in [2.05, 4.69) is 107 Å². The van der Waals surface area contributed by atoms with Gasteiger partial charge < -0.3 is 20.1 Å². The predicted octanol–water partition coefficient (Wildman–Crippen LogP) is 11.6. The topological polar surface area (TPSA) is 72.8 Å². The summed E-state index contributed by atoms with van der Waals surface area (Å²) in [5.74, 6) is 1.81. The minimum Gasteiger partial charge on any atom is -0.868 e. The molecule has 4 nitrogen and oxygen atoms in total. The van der Waals surface area contributed by atoms with E-state index >= 15 is 0 Å². The van der Waals surface area contributed by atoms with Crippen molar-refractivity contribution in [2.24, 2.45) is 0 Å². The van der Waals surface area contributed by atoms with E-state index in [1.165, 1.54) is 35.3 Å². The lowest BCUT2D eigenvalue weighted by molar-refractivity contribution is -0.276. The molecule has 0 fully saturated rings. The molecule has 2 N–H and O–H groups in total. The van der Waals surface area contributed by atoms with Crippen LogP contribution in [0.3, 0.4) is 0 Å². The molecule has 266 valence electrons. The molecule has 2 aliphatic heterocycles. The number of phenols is 2. The summed E-state index contributed by atoms with van der Waals surface area (Å²) in [5, 5.41) is 38.7. The van der Waals surface area contributed by atoms with Crippen LogP contribution >= 0.6 is 35.3 Å². The van der Waals surface area contributed by atoms with Gasteiger partial charge in [-0.25, -0.2) is 0 Å². The van der Waals surface area contributed by atoms with E-state index in [4.69, 9.17) is 4.74 Å². The third-order valence-corrected chi connectivity index (χ3v) is 14.7. The fourth-order valence-electron chi connectivity index (χ4n) is 5.94. The molecule has 0 saturated carbocycles. The first-order chi connectivity index (χ1) is 23.0. The van der Waals surface area contributed by atoms with Crippen molar-refractivity contribution in [1.29, 1.82) is 0 Å². The zero-order valence-corrected chi connectivity index (χ0v) is 34.6. The Hall–Kier alpha value is -2.52. The van der Waals surface area contributed by atoms with Gasteiger partial charge in [0.2, 0.25) is 4.90 Å². The summed E-state index contributed by atoms with van der Waals surface area (Å²) >= 11 is 4.24. The molecule has 10 bridgehead atoms. The van der Waals surface area contributed by atoms with Crippen LogP contribution in [0.2, 0.25) is 0 Å². The Morgan fingerprint density at radius 1 is 0.520 bits per heavy atom. The van der Waals surface area contributed by atoms with Gasteiger partial charge in [-0.05, 0) is 92.1 Å². The zero-order valence-electron chi connectivity index (χ0n) is 31.4. The van der Waals surface area contributed by atoms with Crippen LogP contribution in [0.25, 0.3) is 0 Å². The van der Waals surface area contributed by atoms with Crippen LogP contribution in [0.4, 0.5) is 0 Å². The second-order valence-corrected chi connectivity index (χ2v) is 22.8. The molecule has 0 saturated heterocycles. The fourth-order valence-corrected chi connectivity index (χ4v) is 11.5. The van der Waals surface area contributed by atoms with E-state index in [0.717, 1.165) is 47.6 Å². The van der Waals surface area contributed by atoms with Crippen LogP contribution in [0.5, 0.6) is 23.0 Å². The van der Waals surface area contributed by atoms with Gasteiger partial charge in [-0.2, -0.15) is 0 Å². The Morgan fingerprint density at radius 2 is 0.860 bits per heavy atom. The summed E-state index contributed by atoms with van der Waals surface area (Å²) in [4.78, 5) is 6.06. The Kier molecular flexibility index (Phi) is 9.58. The van der Waals surface area contributed by atoms with Crippen molar-refractivity contribution in [1.82, 2.24) is 0 Å². The van der Waals surface area contributed by atoms with Gasteiger partial charge in [-0.3, -0.25) is 0 Å². The lowest BCUT2D eigenvalue weighted by Gasteiger charge is -2.29. The van der Waals surface area contributed by atoms with Gasteiger partial charge in [0.05, 0.1) is 35.4 Å². The first-order valence-corrected chi connectivity index (χ1v) is 21.0. The van der Waals surface area contributed by atoms with Gasteiger partial charge in [0.25, 0.3) is 0 Å². The summed E-state index contributed by atoms with van der Waals surface area (Å²) < 4.78 is 6.52. The Labute approximate surface area is 314 Å². The summed E-state index contributed by atoms with van der Waals surface area (Å²) in [6.45, 7) is 26.7. The summed E-state index contributed by atoms with van der Waals surface area (Å²) in [7, 11) is -0.555. The Morgan fingerprint density at radius 3 is 1.30 bits per heavy atom. The highest BCUT2D eigenvalue weighted by Gasteiger charge is 2.39. The fraction of sp³-hybridized carbons (Fsp3) is 0.429. The van der Waals surface area contributed by atoms with Gasteiger partial charge in [-0.1, -0.05) is 118 Å². The number of aromatic hydroxyl groups is 2. The molecule has 0 radical (unpaired) electrons. The lowest BCUT2D eigenvalue weighted by atomic mass is 9.87. The van der Waals surface area contributed by atoms with Crippen LogP contribution in [0.1, 0.15) is 105 Å². The van der Waals surface area contributed by atoms with E-state index in [0.29, 0.717) is 31.9 Å². The molecule has 0 spiro atoms. The number of hydrogen-bond donors (Lipinski definition) is 2. The molecule has 1 unspecified atom stereocenters. The van der Waals surface area contributed by atoms with E-state index in [9.17, 15) is 15.3 Å². The highest BCUT2D eigenvalue weighted by molar-refractivity contribution is 8.01. The molecule has 8 heteroatoms. The maximum absolute atomic E-state index is 14.7. The van der Waals surface area contributed by atoms with E-state index in [-0.39, 0.29) is 38.9 Å². The smallest absolute Gasteiger partial charge is 0.204 e. The minimum absolute atomic E-state index is 0.00842. The highest BCUT2D eigenvalue weighted by atomic mass is 32.2.